The number of aromatic amines is 1. The van der Waals surface area contributed by atoms with E-state index in [4.69, 9.17) is 0 Å². The molecule has 1 saturated heterocycles. The van der Waals surface area contributed by atoms with Crippen molar-refractivity contribution in [3.05, 3.63) is 70.2 Å². The highest BCUT2D eigenvalue weighted by Crippen LogP contribution is 2.44. The number of hydrogen-bond acceptors (Lipinski definition) is 4. The second kappa shape index (κ2) is 10.8. The average molecular weight is 556 g/mol. The standard InChI is InChI=1S/C28H31F6N3O2/c1-15-8-19-18-4-2-5-20(30)24(18)35-25(19)26(37(15)13-28(33,34)14-38)23-21(31)9-16(10-22(23)32)27(39)17-11-36(12-17)7-3-6-29/h2,4-5,9-10,15,17,26-27,35,38-39H,3,6-8,11-14H2,1H3/t15-,26-,27+/m1/s1. The molecular formula is C28H31F6N3O2. The summed E-state index contributed by atoms with van der Waals surface area (Å²) in [6, 6.07) is 4.44. The van der Waals surface area contributed by atoms with Crippen molar-refractivity contribution < 1.29 is 36.6 Å². The van der Waals surface area contributed by atoms with E-state index in [-0.39, 0.29) is 29.1 Å². The van der Waals surface area contributed by atoms with Crippen LogP contribution in [0, 0.1) is 23.4 Å². The van der Waals surface area contributed by atoms with Gasteiger partial charge in [0.2, 0.25) is 0 Å². The van der Waals surface area contributed by atoms with Gasteiger partial charge in [-0.15, -0.1) is 0 Å². The predicted octanol–water partition coefficient (Wildman–Crippen LogP) is 4.87. The summed E-state index contributed by atoms with van der Waals surface area (Å²) >= 11 is 0. The molecule has 3 atom stereocenters. The van der Waals surface area contributed by atoms with Crippen LogP contribution >= 0.6 is 0 Å². The van der Waals surface area contributed by atoms with Crippen molar-refractivity contribution in [1.82, 2.24) is 14.8 Å². The number of aromatic nitrogens is 1. The Labute approximate surface area is 222 Å². The van der Waals surface area contributed by atoms with Gasteiger partial charge in [-0.25, -0.2) is 22.0 Å². The third-order valence-electron chi connectivity index (χ3n) is 8.00. The molecular weight excluding hydrogens is 524 g/mol. The Morgan fingerprint density at radius 2 is 1.79 bits per heavy atom. The van der Waals surface area contributed by atoms with E-state index in [0.29, 0.717) is 37.0 Å². The Balaban J connectivity index is 1.55. The van der Waals surface area contributed by atoms with E-state index in [1.807, 2.05) is 4.90 Å². The summed E-state index contributed by atoms with van der Waals surface area (Å²) in [6.07, 6.45) is -0.578. The van der Waals surface area contributed by atoms with Crippen LogP contribution in [0.4, 0.5) is 26.3 Å². The van der Waals surface area contributed by atoms with Crippen LogP contribution in [-0.4, -0.2) is 76.4 Å². The first-order chi connectivity index (χ1) is 18.5. The van der Waals surface area contributed by atoms with Gasteiger partial charge in [0.05, 0.1) is 30.9 Å². The Morgan fingerprint density at radius 3 is 2.44 bits per heavy atom. The molecule has 0 unspecified atom stereocenters. The van der Waals surface area contributed by atoms with Crippen molar-refractivity contribution in [3.63, 3.8) is 0 Å². The molecule has 2 aliphatic rings. The highest BCUT2D eigenvalue weighted by molar-refractivity contribution is 5.86. The van der Waals surface area contributed by atoms with Crippen LogP contribution in [0.5, 0.6) is 0 Å². The van der Waals surface area contributed by atoms with Crippen LogP contribution in [-0.2, 0) is 6.42 Å². The maximum atomic E-state index is 15.8. The molecule has 2 aromatic carbocycles. The van der Waals surface area contributed by atoms with Gasteiger partial charge in [-0.1, -0.05) is 12.1 Å². The third-order valence-corrected chi connectivity index (χ3v) is 8.00. The van der Waals surface area contributed by atoms with E-state index in [0.717, 1.165) is 12.1 Å². The quantitative estimate of drug-likeness (QED) is 0.330. The minimum absolute atomic E-state index is 0.0166. The van der Waals surface area contributed by atoms with Gasteiger partial charge in [-0.2, -0.15) is 0 Å². The molecule has 1 aromatic heterocycles. The summed E-state index contributed by atoms with van der Waals surface area (Å²) in [7, 11) is 0. The highest BCUT2D eigenvalue weighted by atomic mass is 19.3. The van der Waals surface area contributed by atoms with Gasteiger partial charge < -0.3 is 20.1 Å². The van der Waals surface area contributed by atoms with Gasteiger partial charge >= 0.3 is 0 Å². The maximum Gasteiger partial charge on any atom is 0.283 e. The van der Waals surface area contributed by atoms with Crippen molar-refractivity contribution in [3.8, 4) is 0 Å². The molecule has 212 valence electrons. The minimum Gasteiger partial charge on any atom is -0.390 e. The second-order valence-electron chi connectivity index (χ2n) is 10.7. The third kappa shape index (κ3) is 5.17. The number of rotatable bonds is 9. The monoisotopic (exact) mass is 555 g/mol. The Hall–Kier alpha value is -2.60. The number of aliphatic hydroxyl groups excluding tert-OH is 2. The number of nitrogens with one attached hydrogen (secondary N) is 1. The van der Waals surface area contributed by atoms with Crippen LogP contribution in [0.1, 0.15) is 47.9 Å². The molecule has 0 radical (unpaired) electrons. The van der Waals surface area contributed by atoms with Crippen molar-refractivity contribution in [2.24, 2.45) is 5.92 Å². The number of halogens is 6. The molecule has 11 heteroatoms. The first-order valence-corrected chi connectivity index (χ1v) is 13.0. The van der Waals surface area contributed by atoms with Crippen LogP contribution in [0.2, 0.25) is 0 Å². The fourth-order valence-corrected chi connectivity index (χ4v) is 6.00. The number of alkyl halides is 3. The topological polar surface area (TPSA) is 62.7 Å². The van der Waals surface area contributed by atoms with Gasteiger partial charge in [-0.05, 0) is 49.1 Å². The van der Waals surface area contributed by atoms with Gasteiger partial charge in [0.1, 0.15) is 24.1 Å². The van der Waals surface area contributed by atoms with Crippen molar-refractivity contribution in [2.45, 2.75) is 43.9 Å². The summed E-state index contributed by atoms with van der Waals surface area (Å²) in [6.45, 7) is 0.210. The molecule has 0 amide bonds. The number of H-pyrrole nitrogens is 1. The van der Waals surface area contributed by atoms with Crippen molar-refractivity contribution >= 4 is 10.9 Å². The fourth-order valence-electron chi connectivity index (χ4n) is 6.00. The van der Waals surface area contributed by atoms with E-state index in [1.165, 1.54) is 17.0 Å². The molecule has 1 fully saturated rings. The number of para-hydroxylation sites is 1. The van der Waals surface area contributed by atoms with Gasteiger partial charge in [0.25, 0.3) is 5.92 Å². The molecule has 0 bridgehead atoms. The van der Waals surface area contributed by atoms with Crippen LogP contribution in [0.3, 0.4) is 0 Å². The largest absolute Gasteiger partial charge is 0.390 e. The molecule has 0 aliphatic carbocycles. The number of fused-ring (bicyclic) bond motifs is 3. The molecule has 3 aromatic rings. The summed E-state index contributed by atoms with van der Waals surface area (Å²) in [4.78, 5) is 6.06. The van der Waals surface area contributed by atoms with Crippen molar-refractivity contribution in [1.29, 1.82) is 0 Å². The lowest BCUT2D eigenvalue weighted by atomic mass is 9.85. The van der Waals surface area contributed by atoms with E-state index in [1.54, 1.807) is 13.0 Å². The van der Waals surface area contributed by atoms with Gasteiger partial charge in [-0.3, -0.25) is 9.29 Å². The normalized spacial score (nSPS) is 21.8. The summed E-state index contributed by atoms with van der Waals surface area (Å²) in [5, 5.41) is 20.5. The van der Waals surface area contributed by atoms with E-state index in [2.05, 4.69) is 4.98 Å². The van der Waals surface area contributed by atoms with Crippen LogP contribution in [0.15, 0.2) is 30.3 Å². The number of benzene rings is 2. The first kappa shape index (κ1) is 27.9. The number of hydrogen-bond donors (Lipinski definition) is 3. The molecule has 0 saturated carbocycles. The maximum absolute atomic E-state index is 15.8. The zero-order valence-electron chi connectivity index (χ0n) is 21.4. The smallest absolute Gasteiger partial charge is 0.283 e. The lowest BCUT2D eigenvalue weighted by molar-refractivity contribution is -0.0869. The number of likely N-dealkylation sites (tertiary alicyclic amines) is 1. The minimum atomic E-state index is -3.55. The average Bonchev–Trinajstić information content (AvgIpc) is 3.23. The Kier molecular flexibility index (Phi) is 7.71. The molecule has 0 spiro atoms. The van der Waals surface area contributed by atoms with Gasteiger partial charge in [0.15, 0.2) is 0 Å². The Morgan fingerprint density at radius 1 is 1.10 bits per heavy atom. The zero-order valence-corrected chi connectivity index (χ0v) is 21.4. The molecule has 5 nitrogen and oxygen atoms in total. The van der Waals surface area contributed by atoms with Crippen molar-refractivity contribution in [2.75, 3.05) is 39.5 Å². The molecule has 2 aliphatic heterocycles. The predicted molar refractivity (Wildman–Crippen MR) is 134 cm³/mol. The highest BCUT2D eigenvalue weighted by Gasteiger charge is 2.44. The molecule has 5 rings (SSSR count). The number of nitrogens with zero attached hydrogens (tertiary/aromatic N) is 2. The van der Waals surface area contributed by atoms with E-state index < -0.39 is 67.0 Å². The molecule has 39 heavy (non-hydrogen) atoms. The molecule has 3 heterocycles. The van der Waals surface area contributed by atoms with E-state index in [9.17, 15) is 27.8 Å². The SMILES string of the molecule is C[C@@H]1Cc2c([nH]c3c(F)cccc23)[C@@H](c2c(F)cc([C@H](O)C3CN(CCCF)C3)cc2F)N1CC(F)(F)CO. The first-order valence-electron chi connectivity index (χ1n) is 13.0. The Bertz CT molecular complexity index is 1320. The van der Waals surface area contributed by atoms with Crippen LogP contribution < -0.4 is 0 Å². The lowest BCUT2D eigenvalue weighted by Gasteiger charge is -2.43. The molecule has 3 N–H and O–H groups in total. The van der Waals surface area contributed by atoms with Gasteiger partial charge in [0, 0.05) is 48.2 Å². The lowest BCUT2D eigenvalue weighted by Crippen LogP contribution is -2.50. The summed E-state index contributed by atoms with van der Waals surface area (Å²) in [5.41, 5.74) is 0.415. The second-order valence-corrected chi connectivity index (χ2v) is 10.7. The fraction of sp³-hybridized carbons (Fsp3) is 0.500. The van der Waals surface area contributed by atoms with Crippen LogP contribution in [0.25, 0.3) is 10.9 Å². The number of aliphatic hydroxyl groups is 2. The summed E-state index contributed by atoms with van der Waals surface area (Å²) < 4.78 is 87.5. The van der Waals surface area contributed by atoms with E-state index >= 15 is 8.78 Å². The zero-order chi connectivity index (χ0) is 28.1. The summed E-state index contributed by atoms with van der Waals surface area (Å²) in [5.74, 6) is -6.48.